The zero-order chi connectivity index (χ0) is 27.8. The summed E-state index contributed by atoms with van der Waals surface area (Å²) in [5.74, 6) is 0. The van der Waals surface area contributed by atoms with Crippen LogP contribution in [0.2, 0.25) is 0 Å². The molecule has 0 aliphatic carbocycles. The van der Waals surface area contributed by atoms with Crippen LogP contribution in [0.15, 0.2) is 124 Å². The SMILES string of the molecule is Nc1cccc2oc3ccc(Cc4ccc5c(c4)sc4ccc(Cc6ccc7c(c6)oc6ccccc67)cc45)cc3c12. The number of anilines is 1. The van der Waals surface area contributed by atoms with Crippen LogP contribution in [0.3, 0.4) is 0 Å². The fraction of sp³-hybridized carbons (Fsp3) is 0.0526. The zero-order valence-electron chi connectivity index (χ0n) is 22.7. The van der Waals surface area contributed by atoms with E-state index in [4.69, 9.17) is 14.6 Å². The van der Waals surface area contributed by atoms with Gasteiger partial charge in [0.2, 0.25) is 0 Å². The van der Waals surface area contributed by atoms with Gasteiger partial charge in [0.15, 0.2) is 0 Å². The number of fused-ring (bicyclic) bond motifs is 9. The van der Waals surface area contributed by atoms with E-state index >= 15 is 0 Å². The molecule has 2 N–H and O–H groups in total. The van der Waals surface area contributed by atoms with E-state index in [1.165, 1.54) is 53.2 Å². The lowest BCUT2D eigenvalue weighted by Gasteiger charge is -2.04. The Morgan fingerprint density at radius 1 is 0.452 bits per heavy atom. The van der Waals surface area contributed by atoms with Crippen LogP contribution in [0, 0.1) is 0 Å². The highest BCUT2D eigenvalue weighted by molar-refractivity contribution is 7.25. The number of thiophene rings is 1. The minimum atomic E-state index is 0.754. The quantitative estimate of drug-likeness (QED) is 0.218. The number of para-hydroxylation sites is 1. The van der Waals surface area contributed by atoms with Crippen molar-refractivity contribution in [2.45, 2.75) is 12.8 Å². The molecule has 0 aliphatic heterocycles. The Hall–Kier alpha value is -5.06. The molecule has 0 radical (unpaired) electrons. The van der Waals surface area contributed by atoms with Crippen LogP contribution in [-0.2, 0) is 12.8 Å². The molecule has 0 fully saturated rings. The molecule has 200 valence electrons. The van der Waals surface area contributed by atoms with Gasteiger partial charge in [-0.2, -0.15) is 0 Å². The first-order valence-electron chi connectivity index (χ1n) is 14.2. The van der Waals surface area contributed by atoms with Crippen molar-refractivity contribution in [2.75, 3.05) is 5.73 Å². The lowest BCUT2D eigenvalue weighted by Crippen LogP contribution is -1.89. The van der Waals surface area contributed by atoms with Crippen LogP contribution >= 0.6 is 11.3 Å². The molecule has 0 saturated carbocycles. The summed E-state index contributed by atoms with van der Waals surface area (Å²) in [6.45, 7) is 0. The lowest BCUT2D eigenvalue weighted by molar-refractivity contribution is 0.668. The predicted molar refractivity (Wildman–Crippen MR) is 177 cm³/mol. The van der Waals surface area contributed by atoms with Crippen molar-refractivity contribution in [2.24, 2.45) is 0 Å². The van der Waals surface area contributed by atoms with E-state index in [0.717, 1.165) is 51.6 Å². The van der Waals surface area contributed by atoms with Crippen LogP contribution in [0.1, 0.15) is 22.3 Å². The summed E-state index contributed by atoms with van der Waals surface area (Å²) >= 11 is 1.87. The smallest absolute Gasteiger partial charge is 0.137 e. The number of nitrogen functional groups attached to an aromatic ring is 1. The molecule has 3 heterocycles. The molecule has 3 aromatic heterocycles. The first-order chi connectivity index (χ1) is 20.7. The van der Waals surface area contributed by atoms with Crippen molar-refractivity contribution >= 4 is 81.1 Å². The van der Waals surface area contributed by atoms with Gasteiger partial charge >= 0.3 is 0 Å². The summed E-state index contributed by atoms with van der Waals surface area (Å²) in [5, 5.41) is 7.07. The largest absolute Gasteiger partial charge is 0.456 e. The van der Waals surface area contributed by atoms with Crippen molar-refractivity contribution in [3.8, 4) is 0 Å². The normalized spacial score (nSPS) is 12.1. The van der Waals surface area contributed by atoms with E-state index in [9.17, 15) is 0 Å². The Kier molecular flexibility index (Phi) is 5.05. The summed E-state index contributed by atoms with van der Waals surface area (Å²) in [6, 6.07) is 40.9. The second kappa shape index (κ2) is 8.97. The van der Waals surface area contributed by atoms with Crippen LogP contribution in [0.25, 0.3) is 64.0 Å². The number of furan rings is 2. The third-order valence-corrected chi connectivity index (χ3v) is 9.59. The highest BCUT2D eigenvalue weighted by atomic mass is 32.1. The van der Waals surface area contributed by atoms with Gasteiger partial charge in [0.05, 0.1) is 5.39 Å². The first-order valence-corrected chi connectivity index (χ1v) is 15.0. The van der Waals surface area contributed by atoms with E-state index < -0.39 is 0 Å². The van der Waals surface area contributed by atoms with Crippen molar-refractivity contribution in [3.05, 3.63) is 138 Å². The summed E-state index contributed by atoms with van der Waals surface area (Å²) < 4.78 is 14.8. The zero-order valence-corrected chi connectivity index (χ0v) is 23.5. The fourth-order valence-corrected chi connectivity index (χ4v) is 7.60. The van der Waals surface area contributed by atoms with Gasteiger partial charge in [0, 0.05) is 42.0 Å². The average Bonchev–Trinajstić information content (AvgIpc) is 3.67. The van der Waals surface area contributed by atoms with E-state index in [-0.39, 0.29) is 0 Å². The molecule has 0 amide bonds. The molecular weight excluding hydrogens is 534 g/mol. The predicted octanol–water partition coefficient (Wildman–Crippen LogP) is 10.6. The molecule has 9 aromatic rings. The molecule has 42 heavy (non-hydrogen) atoms. The molecule has 4 heteroatoms. The minimum absolute atomic E-state index is 0.754. The number of hydrogen-bond acceptors (Lipinski definition) is 4. The lowest BCUT2D eigenvalue weighted by atomic mass is 9.99. The van der Waals surface area contributed by atoms with Gasteiger partial charge in [-0.3, -0.25) is 0 Å². The van der Waals surface area contributed by atoms with E-state index in [1.54, 1.807) is 0 Å². The minimum Gasteiger partial charge on any atom is -0.456 e. The van der Waals surface area contributed by atoms with Gasteiger partial charge < -0.3 is 14.6 Å². The Labute approximate surface area is 245 Å². The van der Waals surface area contributed by atoms with E-state index in [0.29, 0.717) is 0 Å². The van der Waals surface area contributed by atoms with E-state index in [1.807, 2.05) is 41.7 Å². The Balaban J connectivity index is 1.03. The third-order valence-electron chi connectivity index (χ3n) is 8.45. The highest BCUT2D eigenvalue weighted by Gasteiger charge is 2.13. The number of hydrogen-bond donors (Lipinski definition) is 1. The summed E-state index contributed by atoms with van der Waals surface area (Å²) in [4.78, 5) is 0. The van der Waals surface area contributed by atoms with Gasteiger partial charge in [-0.05, 0) is 89.7 Å². The number of rotatable bonds is 4. The van der Waals surface area contributed by atoms with Crippen LogP contribution in [-0.4, -0.2) is 0 Å². The van der Waals surface area contributed by atoms with Crippen molar-refractivity contribution in [1.82, 2.24) is 0 Å². The highest BCUT2D eigenvalue weighted by Crippen LogP contribution is 2.37. The molecular formula is C38H25NO2S. The Bertz CT molecular complexity index is 2490. The van der Waals surface area contributed by atoms with Crippen molar-refractivity contribution in [1.29, 1.82) is 0 Å². The van der Waals surface area contributed by atoms with Gasteiger partial charge in [0.25, 0.3) is 0 Å². The molecule has 0 bridgehead atoms. The molecule has 9 rings (SSSR count). The van der Waals surface area contributed by atoms with E-state index in [2.05, 4.69) is 84.9 Å². The molecule has 6 aromatic carbocycles. The fourth-order valence-electron chi connectivity index (χ4n) is 6.45. The molecule has 0 unspecified atom stereocenters. The van der Waals surface area contributed by atoms with Gasteiger partial charge in [-0.25, -0.2) is 0 Å². The monoisotopic (exact) mass is 559 g/mol. The van der Waals surface area contributed by atoms with Crippen LogP contribution in [0.4, 0.5) is 5.69 Å². The van der Waals surface area contributed by atoms with Gasteiger partial charge in [-0.1, -0.05) is 60.7 Å². The second-order valence-electron chi connectivity index (χ2n) is 11.2. The van der Waals surface area contributed by atoms with Crippen molar-refractivity contribution in [3.63, 3.8) is 0 Å². The van der Waals surface area contributed by atoms with Crippen LogP contribution < -0.4 is 5.73 Å². The maximum atomic E-state index is 6.30. The van der Waals surface area contributed by atoms with Crippen molar-refractivity contribution < 1.29 is 8.83 Å². The molecule has 0 spiro atoms. The average molecular weight is 560 g/mol. The molecule has 0 saturated heterocycles. The summed E-state index contributed by atoms with van der Waals surface area (Å²) in [6.07, 6.45) is 1.73. The maximum Gasteiger partial charge on any atom is 0.137 e. The summed E-state index contributed by atoms with van der Waals surface area (Å²) in [5.41, 5.74) is 15.8. The Morgan fingerprint density at radius 2 is 1.10 bits per heavy atom. The van der Waals surface area contributed by atoms with Gasteiger partial charge in [0.1, 0.15) is 22.3 Å². The molecule has 0 aliphatic rings. The number of benzene rings is 6. The second-order valence-corrected chi connectivity index (χ2v) is 12.3. The molecule has 0 atom stereocenters. The maximum absolute atomic E-state index is 6.30. The topological polar surface area (TPSA) is 52.3 Å². The standard InChI is InChI=1S/C38H25NO2S/c39-31-5-3-7-34-38(31)30-19-22(10-14-33(30)40-34)17-25-9-13-28-29-18-23(11-15-36(29)42-37(28)21-25)16-24-8-12-27-26-4-1-2-6-32(26)41-35(27)20-24/h1-15,18-21H,16-17,39H2. The first kappa shape index (κ1) is 23.6. The van der Waals surface area contributed by atoms with Gasteiger partial charge in [-0.15, -0.1) is 11.3 Å². The third kappa shape index (κ3) is 3.73. The summed E-state index contributed by atoms with van der Waals surface area (Å²) in [7, 11) is 0. The Morgan fingerprint density at radius 3 is 2.00 bits per heavy atom. The number of nitrogens with two attached hydrogens (primary N) is 1. The van der Waals surface area contributed by atoms with Crippen LogP contribution in [0.5, 0.6) is 0 Å². The molecule has 3 nitrogen and oxygen atoms in total.